The molecule has 1 atom stereocenters. The summed E-state index contributed by atoms with van der Waals surface area (Å²) in [5.41, 5.74) is 0. The van der Waals surface area contributed by atoms with Crippen LogP contribution < -0.4 is 0 Å². The summed E-state index contributed by atoms with van der Waals surface area (Å²) in [4.78, 5) is 10.1. The van der Waals surface area contributed by atoms with Crippen LogP contribution in [0.4, 0.5) is 0 Å². The lowest BCUT2D eigenvalue weighted by Crippen LogP contribution is -1.93. The maximum atomic E-state index is 10.1. The molecule has 0 aliphatic carbocycles. The number of aldehydes is 1. The highest BCUT2D eigenvalue weighted by atomic mass is 16.1. The standard InChI is InChI=1S/C8H14O/c1-3-4-5-6-8(2)7-9/h3-4,7-8H,5-6H2,1-2H3/b4-3-. The van der Waals surface area contributed by atoms with Crippen molar-refractivity contribution in [1.29, 1.82) is 0 Å². The molecule has 1 unspecified atom stereocenters. The van der Waals surface area contributed by atoms with Gasteiger partial charge in [0.2, 0.25) is 0 Å². The van der Waals surface area contributed by atoms with Gasteiger partial charge < -0.3 is 4.79 Å². The van der Waals surface area contributed by atoms with E-state index in [2.05, 4.69) is 6.08 Å². The van der Waals surface area contributed by atoms with Crippen LogP contribution in [0.3, 0.4) is 0 Å². The normalized spacial score (nSPS) is 14.0. The van der Waals surface area contributed by atoms with E-state index in [4.69, 9.17) is 0 Å². The minimum absolute atomic E-state index is 0.223. The Hall–Kier alpha value is -0.590. The van der Waals surface area contributed by atoms with Gasteiger partial charge in [0.15, 0.2) is 0 Å². The Morgan fingerprint density at radius 1 is 1.56 bits per heavy atom. The maximum absolute atomic E-state index is 10.1. The number of carbonyl (C=O) groups is 1. The molecule has 0 heterocycles. The van der Waals surface area contributed by atoms with Gasteiger partial charge in [-0.25, -0.2) is 0 Å². The molecule has 0 rings (SSSR count). The Morgan fingerprint density at radius 2 is 2.22 bits per heavy atom. The number of carbonyl (C=O) groups excluding carboxylic acids is 1. The summed E-state index contributed by atoms with van der Waals surface area (Å²) in [6, 6.07) is 0. The fourth-order valence-electron chi connectivity index (χ4n) is 0.594. The van der Waals surface area contributed by atoms with E-state index in [1.54, 1.807) is 0 Å². The van der Waals surface area contributed by atoms with Gasteiger partial charge in [0.05, 0.1) is 0 Å². The van der Waals surface area contributed by atoms with Gasteiger partial charge in [0.25, 0.3) is 0 Å². The second-order valence-corrected chi connectivity index (χ2v) is 2.26. The molecule has 0 saturated carbocycles. The zero-order valence-corrected chi connectivity index (χ0v) is 6.13. The van der Waals surface area contributed by atoms with Crippen molar-refractivity contribution in [3.05, 3.63) is 12.2 Å². The lowest BCUT2D eigenvalue weighted by molar-refractivity contribution is -0.110. The molecule has 0 aromatic heterocycles. The van der Waals surface area contributed by atoms with Crippen LogP contribution in [-0.2, 0) is 4.79 Å². The molecule has 0 amide bonds. The monoisotopic (exact) mass is 126 g/mol. The summed E-state index contributed by atoms with van der Waals surface area (Å²) >= 11 is 0. The summed E-state index contributed by atoms with van der Waals surface area (Å²) in [6.45, 7) is 3.93. The second kappa shape index (κ2) is 5.54. The van der Waals surface area contributed by atoms with Crippen molar-refractivity contribution in [2.75, 3.05) is 0 Å². The molecule has 52 valence electrons. The summed E-state index contributed by atoms with van der Waals surface area (Å²) < 4.78 is 0. The number of allylic oxidation sites excluding steroid dienone is 2. The Kier molecular flexibility index (Phi) is 5.18. The van der Waals surface area contributed by atoms with Gasteiger partial charge >= 0.3 is 0 Å². The molecular weight excluding hydrogens is 112 g/mol. The molecule has 0 radical (unpaired) electrons. The first kappa shape index (κ1) is 8.41. The Balaban J connectivity index is 3.16. The molecule has 0 aromatic rings. The van der Waals surface area contributed by atoms with Crippen molar-refractivity contribution >= 4 is 6.29 Å². The highest BCUT2D eigenvalue weighted by molar-refractivity contribution is 5.52. The van der Waals surface area contributed by atoms with E-state index in [9.17, 15) is 4.79 Å². The van der Waals surface area contributed by atoms with Crippen LogP contribution in [0, 0.1) is 5.92 Å². The first-order valence-electron chi connectivity index (χ1n) is 3.37. The highest BCUT2D eigenvalue weighted by Gasteiger charge is 1.94. The molecule has 0 spiro atoms. The van der Waals surface area contributed by atoms with Crippen molar-refractivity contribution in [2.45, 2.75) is 26.7 Å². The molecule has 1 heteroatoms. The minimum atomic E-state index is 0.223. The number of rotatable bonds is 4. The third-order valence-corrected chi connectivity index (χ3v) is 1.26. The average Bonchev–Trinajstić information content (AvgIpc) is 1.89. The van der Waals surface area contributed by atoms with Gasteiger partial charge in [0, 0.05) is 5.92 Å². The third kappa shape index (κ3) is 5.28. The zero-order chi connectivity index (χ0) is 7.11. The summed E-state index contributed by atoms with van der Waals surface area (Å²) in [5, 5.41) is 0. The predicted molar refractivity (Wildman–Crippen MR) is 39.3 cm³/mol. The van der Waals surface area contributed by atoms with Crippen LogP contribution in [0.2, 0.25) is 0 Å². The van der Waals surface area contributed by atoms with Crippen LogP contribution in [0.1, 0.15) is 26.7 Å². The van der Waals surface area contributed by atoms with E-state index in [1.807, 2.05) is 19.9 Å². The average molecular weight is 126 g/mol. The van der Waals surface area contributed by atoms with Gasteiger partial charge in [-0.05, 0) is 19.8 Å². The molecule has 0 aromatic carbocycles. The number of hydrogen-bond acceptors (Lipinski definition) is 1. The Morgan fingerprint density at radius 3 is 2.67 bits per heavy atom. The third-order valence-electron chi connectivity index (χ3n) is 1.26. The van der Waals surface area contributed by atoms with Crippen molar-refractivity contribution in [1.82, 2.24) is 0 Å². The minimum Gasteiger partial charge on any atom is -0.303 e. The van der Waals surface area contributed by atoms with Gasteiger partial charge in [-0.3, -0.25) is 0 Å². The summed E-state index contributed by atoms with van der Waals surface area (Å²) in [7, 11) is 0. The van der Waals surface area contributed by atoms with E-state index >= 15 is 0 Å². The van der Waals surface area contributed by atoms with Crippen molar-refractivity contribution in [2.24, 2.45) is 5.92 Å². The second-order valence-electron chi connectivity index (χ2n) is 2.26. The lowest BCUT2D eigenvalue weighted by Gasteiger charge is -1.96. The Bertz CT molecular complexity index is 94.7. The summed E-state index contributed by atoms with van der Waals surface area (Å²) in [5.74, 6) is 0.223. The predicted octanol–water partition coefficient (Wildman–Crippen LogP) is 2.18. The first-order valence-corrected chi connectivity index (χ1v) is 3.37. The van der Waals surface area contributed by atoms with E-state index in [1.165, 1.54) is 0 Å². The molecule has 0 aliphatic rings. The summed E-state index contributed by atoms with van der Waals surface area (Å²) in [6.07, 6.45) is 7.10. The van der Waals surface area contributed by atoms with Crippen LogP contribution in [0.25, 0.3) is 0 Å². The smallest absolute Gasteiger partial charge is 0.122 e. The topological polar surface area (TPSA) is 17.1 Å². The van der Waals surface area contributed by atoms with E-state index in [0.717, 1.165) is 19.1 Å². The maximum Gasteiger partial charge on any atom is 0.122 e. The Labute approximate surface area is 56.8 Å². The number of hydrogen-bond donors (Lipinski definition) is 0. The molecule has 1 nitrogen and oxygen atoms in total. The van der Waals surface area contributed by atoms with Crippen molar-refractivity contribution in [3.63, 3.8) is 0 Å². The fraction of sp³-hybridized carbons (Fsp3) is 0.625. The van der Waals surface area contributed by atoms with Crippen LogP contribution in [0.15, 0.2) is 12.2 Å². The fourth-order valence-corrected chi connectivity index (χ4v) is 0.594. The molecule has 0 N–H and O–H groups in total. The van der Waals surface area contributed by atoms with E-state index < -0.39 is 0 Å². The zero-order valence-electron chi connectivity index (χ0n) is 6.13. The molecule has 9 heavy (non-hydrogen) atoms. The first-order chi connectivity index (χ1) is 4.31. The van der Waals surface area contributed by atoms with E-state index in [0.29, 0.717) is 0 Å². The SMILES string of the molecule is C/C=C\CCC(C)C=O. The highest BCUT2D eigenvalue weighted by Crippen LogP contribution is 2.01. The van der Waals surface area contributed by atoms with Gasteiger partial charge in [-0.2, -0.15) is 0 Å². The molecule has 0 fully saturated rings. The lowest BCUT2D eigenvalue weighted by atomic mass is 10.1. The van der Waals surface area contributed by atoms with Gasteiger partial charge in [-0.15, -0.1) is 0 Å². The van der Waals surface area contributed by atoms with Crippen LogP contribution in [0.5, 0.6) is 0 Å². The van der Waals surface area contributed by atoms with Crippen molar-refractivity contribution in [3.8, 4) is 0 Å². The van der Waals surface area contributed by atoms with Crippen LogP contribution in [-0.4, -0.2) is 6.29 Å². The molecule has 0 aliphatic heterocycles. The van der Waals surface area contributed by atoms with Crippen molar-refractivity contribution < 1.29 is 4.79 Å². The van der Waals surface area contributed by atoms with Gasteiger partial charge in [-0.1, -0.05) is 19.1 Å². The van der Waals surface area contributed by atoms with Crippen LogP contribution >= 0.6 is 0 Å². The largest absolute Gasteiger partial charge is 0.303 e. The van der Waals surface area contributed by atoms with E-state index in [-0.39, 0.29) is 5.92 Å². The molecule has 0 bridgehead atoms. The van der Waals surface area contributed by atoms with Gasteiger partial charge in [0.1, 0.15) is 6.29 Å². The molecule has 0 saturated heterocycles. The quantitative estimate of drug-likeness (QED) is 0.417. The molecular formula is C8H14O.